The Labute approximate surface area is 142 Å². The van der Waals surface area contributed by atoms with Gasteiger partial charge in [0.25, 0.3) is 10.1 Å². The highest BCUT2D eigenvalue weighted by atomic mass is 32.2. The Morgan fingerprint density at radius 3 is 1.65 bits per heavy atom. The van der Waals surface area contributed by atoms with E-state index in [1.807, 2.05) is 33.8 Å². The fourth-order valence-electron chi connectivity index (χ4n) is 3.25. The zero-order valence-corrected chi connectivity index (χ0v) is 16.6. The van der Waals surface area contributed by atoms with Crippen molar-refractivity contribution in [1.29, 1.82) is 0 Å². The van der Waals surface area contributed by atoms with E-state index in [0.717, 1.165) is 23.1 Å². The number of benzene rings is 1. The molecule has 3 nitrogen and oxygen atoms in total. The molecule has 0 saturated heterocycles. The van der Waals surface area contributed by atoms with Crippen molar-refractivity contribution in [2.24, 2.45) is 5.92 Å². The first-order chi connectivity index (χ1) is 10.4. The highest BCUT2D eigenvalue weighted by Gasteiger charge is 2.29. The Kier molecular flexibility index (Phi) is 6.45. The van der Waals surface area contributed by atoms with Crippen LogP contribution in [0, 0.1) is 5.92 Å². The lowest BCUT2D eigenvalue weighted by Gasteiger charge is -2.27. The molecule has 132 valence electrons. The third-order valence-corrected chi connectivity index (χ3v) is 5.15. The summed E-state index contributed by atoms with van der Waals surface area (Å²) in [5, 5.41) is 0. The van der Waals surface area contributed by atoms with Crippen LogP contribution in [-0.4, -0.2) is 13.0 Å². The molecular formula is C19H32O3S. The van der Waals surface area contributed by atoms with Gasteiger partial charge in [-0.05, 0) is 52.3 Å². The lowest BCUT2D eigenvalue weighted by atomic mass is 9.81. The van der Waals surface area contributed by atoms with Crippen LogP contribution in [0.4, 0.5) is 0 Å². The number of hydrogen-bond acceptors (Lipinski definition) is 2. The topological polar surface area (TPSA) is 54.4 Å². The summed E-state index contributed by atoms with van der Waals surface area (Å²) in [7, 11) is -4.25. The minimum atomic E-state index is -4.25. The van der Waals surface area contributed by atoms with Crippen molar-refractivity contribution < 1.29 is 13.0 Å². The van der Waals surface area contributed by atoms with E-state index in [1.165, 1.54) is 5.56 Å². The second-order valence-corrected chi connectivity index (χ2v) is 9.17. The molecule has 0 fully saturated rings. The third kappa shape index (κ3) is 4.57. The predicted octanol–water partition coefficient (Wildman–Crippen LogP) is 5.50. The Bertz CT molecular complexity index is 654. The van der Waals surface area contributed by atoms with E-state index in [-0.39, 0.29) is 16.7 Å². The van der Waals surface area contributed by atoms with E-state index in [0.29, 0.717) is 11.8 Å². The van der Waals surface area contributed by atoms with Crippen LogP contribution >= 0.6 is 0 Å². The molecule has 0 heterocycles. The van der Waals surface area contributed by atoms with Gasteiger partial charge in [-0.25, -0.2) is 0 Å². The van der Waals surface area contributed by atoms with Crippen LogP contribution in [0.2, 0.25) is 0 Å². The van der Waals surface area contributed by atoms with Crippen molar-refractivity contribution >= 4 is 10.1 Å². The molecule has 0 atom stereocenters. The first-order valence-electron chi connectivity index (χ1n) is 8.54. The second-order valence-electron chi connectivity index (χ2n) is 7.81. The van der Waals surface area contributed by atoms with Crippen molar-refractivity contribution in [3.63, 3.8) is 0 Å². The zero-order valence-electron chi connectivity index (χ0n) is 15.8. The Morgan fingerprint density at radius 1 is 0.870 bits per heavy atom. The molecule has 1 N–H and O–H groups in total. The van der Waals surface area contributed by atoms with Gasteiger partial charge in [0, 0.05) is 0 Å². The van der Waals surface area contributed by atoms with E-state index in [2.05, 4.69) is 27.7 Å². The summed E-state index contributed by atoms with van der Waals surface area (Å²) >= 11 is 0. The molecule has 0 amide bonds. The molecule has 0 aromatic heterocycles. The lowest BCUT2D eigenvalue weighted by molar-refractivity contribution is 0.478. The maximum Gasteiger partial charge on any atom is 0.295 e. The average Bonchev–Trinajstić information content (AvgIpc) is 2.34. The van der Waals surface area contributed by atoms with Gasteiger partial charge in [0.2, 0.25) is 0 Å². The summed E-state index contributed by atoms with van der Waals surface area (Å²) in [6, 6.07) is 2.00. The smallest absolute Gasteiger partial charge is 0.282 e. The lowest BCUT2D eigenvalue weighted by Crippen LogP contribution is -2.16. The molecule has 0 bridgehead atoms. The number of hydrogen-bond donors (Lipinski definition) is 1. The van der Waals surface area contributed by atoms with Crippen LogP contribution in [-0.2, 0) is 16.5 Å². The summed E-state index contributed by atoms with van der Waals surface area (Å²) < 4.78 is 34.2. The summed E-state index contributed by atoms with van der Waals surface area (Å²) in [6.07, 6.45) is 0.821. The van der Waals surface area contributed by atoms with Crippen LogP contribution in [0.5, 0.6) is 0 Å². The molecule has 4 heteroatoms. The van der Waals surface area contributed by atoms with Gasteiger partial charge in [-0.2, -0.15) is 8.42 Å². The van der Waals surface area contributed by atoms with Gasteiger partial charge >= 0.3 is 0 Å². The first kappa shape index (κ1) is 20.2. The Hall–Kier alpha value is -0.870. The molecule has 0 aliphatic carbocycles. The van der Waals surface area contributed by atoms with Gasteiger partial charge in [-0.15, -0.1) is 0 Å². The van der Waals surface area contributed by atoms with Gasteiger partial charge in [0.05, 0.1) is 0 Å². The molecule has 0 spiro atoms. The molecule has 0 saturated carbocycles. The first-order valence-corrected chi connectivity index (χ1v) is 9.98. The van der Waals surface area contributed by atoms with Crippen molar-refractivity contribution in [2.75, 3.05) is 0 Å². The summed E-state index contributed by atoms with van der Waals surface area (Å²) in [5.74, 6) is 0.810. The van der Waals surface area contributed by atoms with E-state index in [1.54, 1.807) is 0 Å². The van der Waals surface area contributed by atoms with E-state index in [9.17, 15) is 13.0 Å². The van der Waals surface area contributed by atoms with Crippen LogP contribution in [0.3, 0.4) is 0 Å². The highest BCUT2D eigenvalue weighted by molar-refractivity contribution is 7.86. The van der Waals surface area contributed by atoms with Crippen molar-refractivity contribution in [3.05, 3.63) is 28.3 Å². The highest BCUT2D eigenvalue weighted by Crippen LogP contribution is 2.39. The minimum Gasteiger partial charge on any atom is -0.282 e. The summed E-state index contributed by atoms with van der Waals surface area (Å²) in [5.41, 5.74) is 3.84. The molecule has 23 heavy (non-hydrogen) atoms. The SMILES string of the molecule is CC(C)Cc1c(C(C)C)cc(C(C)C)c(S(=O)(=O)O)c1C(C)C. The van der Waals surface area contributed by atoms with Crippen LogP contribution in [0.25, 0.3) is 0 Å². The molecule has 0 radical (unpaired) electrons. The average molecular weight is 341 g/mol. The minimum absolute atomic E-state index is 0.0371. The van der Waals surface area contributed by atoms with Gasteiger partial charge in [-0.1, -0.05) is 61.5 Å². The molecule has 0 aliphatic rings. The van der Waals surface area contributed by atoms with Gasteiger partial charge in [-0.3, -0.25) is 4.55 Å². The second kappa shape index (κ2) is 7.35. The normalized spacial score (nSPS) is 12.9. The van der Waals surface area contributed by atoms with Crippen LogP contribution in [0.1, 0.15) is 95.4 Å². The maximum absolute atomic E-state index is 12.2. The van der Waals surface area contributed by atoms with Gasteiger partial charge in [0.15, 0.2) is 0 Å². The standard InChI is InChI=1S/C19H32O3S/c1-11(2)9-17-15(12(3)4)10-16(13(5)6)19(23(20,21)22)18(17)14(7)8/h10-14H,9H2,1-8H3,(H,20,21,22). The van der Waals surface area contributed by atoms with Gasteiger partial charge in [0.1, 0.15) is 4.90 Å². The summed E-state index contributed by atoms with van der Waals surface area (Å²) in [4.78, 5) is 0.141. The van der Waals surface area contributed by atoms with E-state index in [4.69, 9.17) is 0 Å². The maximum atomic E-state index is 12.2. The molecule has 1 rings (SSSR count). The van der Waals surface area contributed by atoms with E-state index >= 15 is 0 Å². The predicted molar refractivity (Wildman–Crippen MR) is 97.1 cm³/mol. The van der Waals surface area contributed by atoms with Crippen LogP contribution < -0.4 is 0 Å². The Balaban J connectivity index is 4.01. The van der Waals surface area contributed by atoms with E-state index < -0.39 is 10.1 Å². The largest absolute Gasteiger partial charge is 0.295 e. The molecule has 1 aromatic rings. The zero-order chi connectivity index (χ0) is 18.1. The molecular weight excluding hydrogens is 308 g/mol. The molecule has 0 unspecified atom stereocenters. The summed E-state index contributed by atoms with van der Waals surface area (Å²) in [6.45, 7) is 16.5. The monoisotopic (exact) mass is 340 g/mol. The fourth-order valence-corrected chi connectivity index (χ4v) is 4.48. The van der Waals surface area contributed by atoms with Gasteiger partial charge < -0.3 is 0 Å². The van der Waals surface area contributed by atoms with Crippen molar-refractivity contribution in [2.45, 2.75) is 84.5 Å². The fraction of sp³-hybridized carbons (Fsp3) is 0.684. The van der Waals surface area contributed by atoms with Crippen molar-refractivity contribution in [1.82, 2.24) is 0 Å². The third-order valence-electron chi connectivity index (χ3n) is 4.18. The number of rotatable bonds is 6. The quantitative estimate of drug-likeness (QED) is 0.695. The van der Waals surface area contributed by atoms with Crippen molar-refractivity contribution in [3.8, 4) is 0 Å². The molecule has 0 aliphatic heterocycles. The molecule has 1 aromatic carbocycles. The van der Waals surface area contributed by atoms with Crippen LogP contribution in [0.15, 0.2) is 11.0 Å². The Morgan fingerprint density at radius 2 is 1.35 bits per heavy atom.